The van der Waals surface area contributed by atoms with Crippen molar-refractivity contribution in [1.82, 2.24) is 34.1 Å². The molecule has 4 aromatic rings. The standard InChI is InChI=1S/C30H42N8O4/c1-16(2)36(13-22-25(39)26(40)29(42-22)37-15-34-24-27(31)32-14-33-28(24)37)19-10-17(11-19)6-9-23-35-20-8-7-18(30(3,4)5)12-21(20)38(23)41/h7-8,12,14-17,19,22,25-26,29,39-41H,6,9-11,13H2,1-5H3,(H2,31,32,33)/t17?,19?,22-,25-,26-,29-/m1/s1. The van der Waals surface area contributed by atoms with Crippen molar-refractivity contribution in [3.63, 3.8) is 0 Å². The number of ether oxygens (including phenoxy) is 1. The summed E-state index contributed by atoms with van der Waals surface area (Å²) in [5.74, 6) is 1.47. The highest BCUT2D eigenvalue weighted by Gasteiger charge is 2.46. The van der Waals surface area contributed by atoms with Crippen LogP contribution in [-0.4, -0.2) is 86.5 Å². The maximum absolute atomic E-state index is 10.9. The average Bonchev–Trinajstić information content (AvgIpc) is 3.56. The van der Waals surface area contributed by atoms with Crippen molar-refractivity contribution in [2.75, 3.05) is 12.3 Å². The Kier molecular flexibility index (Phi) is 7.37. The number of hydrogen-bond acceptors (Lipinski definition) is 10. The zero-order valence-corrected chi connectivity index (χ0v) is 24.9. The second kappa shape index (κ2) is 10.7. The van der Waals surface area contributed by atoms with Crippen LogP contribution >= 0.6 is 0 Å². The first-order valence-corrected chi connectivity index (χ1v) is 14.8. The number of rotatable bonds is 8. The molecule has 2 aliphatic rings. The molecule has 0 unspecified atom stereocenters. The Morgan fingerprint density at radius 1 is 1.12 bits per heavy atom. The van der Waals surface area contributed by atoms with Crippen LogP contribution in [0.2, 0.25) is 0 Å². The Morgan fingerprint density at radius 2 is 1.88 bits per heavy atom. The third-order valence-electron chi connectivity index (χ3n) is 9.07. The quantitative estimate of drug-likeness (QED) is 0.229. The number of benzene rings is 1. The third kappa shape index (κ3) is 5.10. The minimum Gasteiger partial charge on any atom is -0.427 e. The Bertz CT molecular complexity index is 1570. The van der Waals surface area contributed by atoms with Crippen LogP contribution in [0, 0.1) is 5.92 Å². The Labute approximate surface area is 245 Å². The van der Waals surface area contributed by atoms with Gasteiger partial charge in [0, 0.05) is 25.0 Å². The van der Waals surface area contributed by atoms with Gasteiger partial charge in [0.25, 0.3) is 0 Å². The van der Waals surface area contributed by atoms with E-state index in [0.29, 0.717) is 41.9 Å². The summed E-state index contributed by atoms with van der Waals surface area (Å²) >= 11 is 0. The van der Waals surface area contributed by atoms with E-state index in [1.54, 1.807) is 4.57 Å². The normalized spacial score (nSPS) is 26.6. The summed E-state index contributed by atoms with van der Waals surface area (Å²) in [5.41, 5.74) is 9.53. The summed E-state index contributed by atoms with van der Waals surface area (Å²) in [5, 5.41) is 32.7. The molecule has 1 aliphatic heterocycles. The number of anilines is 1. The van der Waals surface area contributed by atoms with Gasteiger partial charge in [0.1, 0.15) is 41.5 Å². The fraction of sp³-hybridized carbons (Fsp3) is 0.600. The van der Waals surface area contributed by atoms with Gasteiger partial charge in [-0.25, -0.2) is 19.9 Å². The Morgan fingerprint density at radius 3 is 2.60 bits per heavy atom. The molecule has 3 aromatic heterocycles. The SMILES string of the molecule is CC(C)N(C[C@H]1O[C@@H](n2cnc3c(N)ncnc32)[C@H](O)[C@@H]1O)C1CC(CCc2nc3ccc(C(C)(C)C)cc3n2O)C1. The van der Waals surface area contributed by atoms with Crippen LogP contribution in [0.15, 0.2) is 30.9 Å². The molecular weight excluding hydrogens is 536 g/mol. The third-order valence-corrected chi connectivity index (χ3v) is 9.07. The number of fused-ring (bicyclic) bond motifs is 2. The summed E-state index contributed by atoms with van der Waals surface area (Å²) in [4.78, 5) is 19.6. The maximum Gasteiger partial charge on any atom is 0.167 e. The van der Waals surface area contributed by atoms with Crippen LogP contribution in [-0.2, 0) is 16.6 Å². The molecule has 2 fully saturated rings. The van der Waals surface area contributed by atoms with Gasteiger partial charge in [0.05, 0.1) is 11.8 Å². The highest BCUT2D eigenvalue weighted by molar-refractivity contribution is 5.81. The molecule has 1 aliphatic carbocycles. The van der Waals surface area contributed by atoms with Gasteiger partial charge in [0.2, 0.25) is 0 Å². The van der Waals surface area contributed by atoms with Gasteiger partial charge < -0.3 is 25.9 Å². The first kappa shape index (κ1) is 28.8. The maximum atomic E-state index is 10.9. The van der Waals surface area contributed by atoms with Gasteiger partial charge in [-0.2, -0.15) is 4.73 Å². The van der Waals surface area contributed by atoms with Crippen LogP contribution in [0.1, 0.15) is 71.5 Å². The Balaban J connectivity index is 1.07. The molecule has 4 atom stereocenters. The lowest BCUT2D eigenvalue weighted by molar-refractivity contribution is -0.0620. The molecule has 0 radical (unpaired) electrons. The van der Waals surface area contributed by atoms with Crippen molar-refractivity contribution in [3.05, 3.63) is 42.2 Å². The number of nitrogens with zero attached hydrogens (tertiary/aromatic N) is 7. The lowest BCUT2D eigenvalue weighted by atomic mass is 9.76. The van der Waals surface area contributed by atoms with Crippen LogP contribution in [0.4, 0.5) is 5.82 Å². The van der Waals surface area contributed by atoms with Gasteiger partial charge in [-0.1, -0.05) is 26.8 Å². The number of nitrogens with two attached hydrogens (primary N) is 1. The second-order valence-electron chi connectivity index (χ2n) is 13.2. The van der Waals surface area contributed by atoms with Crippen molar-refractivity contribution in [2.24, 2.45) is 5.92 Å². The Hall–Kier alpha value is -3.32. The van der Waals surface area contributed by atoms with E-state index in [0.717, 1.165) is 30.3 Å². The molecule has 6 rings (SSSR count). The van der Waals surface area contributed by atoms with Crippen molar-refractivity contribution in [3.8, 4) is 0 Å². The van der Waals surface area contributed by atoms with Crippen LogP contribution in [0.5, 0.6) is 0 Å². The molecule has 0 bridgehead atoms. The fourth-order valence-electron chi connectivity index (χ4n) is 6.44. The van der Waals surface area contributed by atoms with E-state index in [9.17, 15) is 15.4 Å². The van der Waals surface area contributed by atoms with Gasteiger partial charge in [-0.15, -0.1) is 0 Å². The minimum absolute atomic E-state index is 0.00221. The van der Waals surface area contributed by atoms with Gasteiger partial charge >= 0.3 is 0 Å². The molecule has 0 amide bonds. The summed E-state index contributed by atoms with van der Waals surface area (Å²) in [6, 6.07) is 6.70. The summed E-state index contributed by atoms with van der Waals surface area (Å²) in [6.07, 6.45) is 2.96. The van der Waals surface area contributed by atoms with E-state index in [1.165, 1.54) is 22.9 Å². The molecule has 226 valence electrons. The fourth-order valence-corrected chi connectivity index (χ4v) is 6.44. The zero-order valence-electron chi connectivity index (χ0n) is 24.9. The first-order chi connectivity index (χ1) is 19.9. The number of aliphatic hydroxyl groups is 2. The zero-order chi connectivity index (χ0) is 29.9. The van der Waals surface area contributed by atoms with Crippen molar-refractivity contribution >= 4 is 28.0 Å². The molecule has 5 N–H and O–H groups in total. The van der Waals surface area contributed by atoms with Crippen LogP contribution < -0.4 is 5.73 Å². The van der Waals surface area contributed by atoms with E-state index < -0.39 is 24.5 Å². The van der Waals surface area contributed by atoms with E-state index in [-0.39, 0.29) is 17.3 Å². The molecule has 12 nitrogen and oxygen atoms in total. The number of nitrogen functional groups attached to an aromatic ring is 1. The highest BCUT2D eigenvalue weighted by Crippen LogP contribution is 2.38. The highest BCUT2D eigenvalue weighted by atomic mass is 16.6. The lowest BCUT2D eigenvalue weighted by Crippen LogP contribution is -2.52. The van der Waals surface area contributed by atoms with E-state index >= 15 is 0 Å². The molecule has 1 saturated heterocycles. The average molecular weight is 579 g/mol. The first-order valence-electron chi connectivity index (χ1n) is 14.8. The largest absolute Gasteiger partial charge is 0.427 e. The number of aryl methyl sites for hydroxylation is 1. The predicted molar refractivity (Wildman–Crippen MR) is 158 cm³/mol. The monoisotopic (exact) mass is 578 g/mol. The topological polar surface area (TPSA) is 161 Å². The van der Waals surface area contributed by atoms with Crippen LogP contribution in [0.3, 0.4) is 0 Å². The summed E-state index contributed by atoms with van der Waals surface area (Å²) < 4.78 is 9.09. The second-order valence-corrected chi connectivity index (χ2v) is 13.2. The molecule has 42 heavy (non-hydrogen) atoms. The number of aliphatic hydroxyl groups excluding tert-OH is 2. The van der Waals surface area contributed by atoms with Crippen molar-refractivity contribution in [2.45, 2.75) is 102 Å². The van der Waals surface area contributed by atoms with Gasteiger partial charge in [0.15, 0.2) is 17.7 Å². The predicted octanol–water partition coefficient (Wildman–Crippen LogP) is 3.03. The molecule has 4 heterocycles. The smallest absolute Gasteiger partial charge is 0.167 e. The molecular formula is C30H42N8O4. The molecule has 0 spiro atoms. The molecule has 1 aromatic carbocycles. The lowest BCUT2D eigenvalue weighted by Gasteiger charge is -2.46. The molecule has 12 heteroatoms. The van der Waals surface area contributed by atoms with Crippen molar-refractivity contribution in [1.29, 1.82) is 0 Å². The van der Waals surface area contributed by atoms with E-state index in [2.05, 4.69) is 60.5 Å². The summed E-state index contributed by atoms with van der Waals surface area (Å²) in [6.45, 7) is 11.3. The van der Waals surface area contributed by atoms with Gasteiger partial charge in [-0.05, 0) is 62.1 Å². The number of aromatic nitrogens is 6. The van der Waals surface area contributed by atoms with E-state index in [4.69, 9.17) is 15.5 Å². The number of imidazole rings is 2. The number of hydrogen-bond donors (Lipinski definition) is 4. The van der Waals surface area contributed by atoms with Gasteiger partial charge in [-0.3, -0.25) is 9.47 Å². The van der Waals surface area contributed by atoms with Crippen LogP contribution in [0.25, 0.3) is 22.2 Å². The van der Waals surface area contributed by atoms with E-state index in [1.807, 2.05) is 12.1 Å². The summed E-state index contributed by atoms with van der Waals surface area (Å²) in [7, 11) is 0. The molecule has 1 saturated carbocycles. The minimum atomic E-state index is -1.14. The van der Waals surface area contributed by atoms with Crippen molar-refractivity contribution < 1.29 is 20.2 Å².